The van der Waals surface area contributed by atoms with Crippen LogP contribution in [0.2, 0.25) is 0 Å². The van der Waals surface area contributed by atoms with Crippen molar-refractivity contribution in [2.75, 3.05) is 11.9 Å². The van der Waals surface area contributed by atoms with E-state index < -0.39 is 53.8 Å². The lowest BCUT2D eigenvalue weighted by atomic mass is 9.92. The number of benzene rings is 2. The second-order valence-corrected chi connectivity index (χ2v) is 10.6. The first-order valence-electron chi connectivity index (χ1n) is 13.4. The number of nitrogens with zero attached hydrogens (tertiary/aromatic N) is 4. The van der Waals surface area contributed by atoms with Crippen molar-refractivity contribution in [2.24, 2.45) is 5.73 Å². The number of nitriles is 1. The van der Waals surface area contributed by atoms with E-state index in [-0.39, 0.29) is 24.4 Å². The van der Waals surface area contributed by atoms with Gasteiger partial charge in [-0.25, -0.2) is 4.39 Å². The fourth-order valence-electron chi connectivity index (χ4n) is 5.01. The molecule has 5 N–H and O–H groups in total. The number of rotatable bonds is 9. The van der Waals surface area contributed by atoms with Gasteiger partial charge in [0.25, 0.3) is 0 Å². The molecule has 1 amide bonds. The molecule has 0 radical (unpaired) electrons. The van der Waals surface area contributed by atoms with Crippen molar-refractivity contribution in [1.82, 2.24) is 14.6 Å². The smallest absolute Gasteiger partial charge is 0.310 e. The first-order valence-corrected chi connectivity index (χ1v) is 13.4. The lowest BCUT2D eigenvalue weighted by Gasteiger charge is -2.25. The number of aliphatic hydroxyl groups excluding tert-OH is 2. The Hall–Kier alpha value is -4.74. The molecule has 12 nitrogen and oxygen atoms in total. The van der Waals surface area contributed by atoms with E-state index in [0.717, 1.165) is 5.56 Å². The lowest BCUT2D eigenvalue weighted by Crippen LogP contribution is -2.50. The Morgan fingerprint density at radius 3 is 2.58 bits per heavy atom. The molecule has 0 saturated carbocycles. The number of carbonyl (C=O) groups excluding carboxylic acids is 2. The number of nitrogens with two attached hydrogens (primary N) is 1. The molecule has 4 aromatic rings. The Morgan fingerprint density at radius 2 is 1.88 bits per heavy atom. The van der Waals surface area contributed by atoms with E-state index in [1.807, 2.05) is 12.1 Å². The Balaban J connectivity index is 1.33. The molecule has 3 heterocycles. The largest absolute Gasteiger partial charge is 0.463 e. The van der Waals surface area contributed by atoms with Crippen LogP contribution in [0.15, 0.2) is 73.1 Å². The van der Waals surface area contributed by atoms with E-state index in [1.165, 1.54) is 54.0 Å². The normalized spacial score (nSPS) is 22.9. The minimum atomic E-state index is -2.07. The molecule has 1 saturated heterocycles. The fraction of sp³-hybridized carbons (Fsp3) is 0.300. The summed E-state index contributed by atoms with van der Waals surface area (Å²) in [7, 11) is 0. The van der Waals surface area contributed by atoms with Crippen LogP contribution in [0.5, 0.6) is 0 Å². The summed E-state index contributed by atoms with van der Waals surface area (Å²) in [5.41, 5.74) is 4.60. The summed E-state index contributed by atoms with van der Waals surface area (Å²) in [6.07, 6.45) is -3.13. The number of nitrogens with one attached hydrogen (secondary N) is 1. The molecular weight excluding hydrogens is 559 g/mol. The first kappa shape index (κ1) is 29.7. The van der Waals surface area contributed by atoms with E-state index in [2.05, 4.69) is 15.5 Å². The summed E-state index contributed by atoms with van der Waals surface area (Å²) in [5, 5.41) is 42.5. The standard InChI is InChI=1S/C30H29FN6O6/c1-29(33,14-19-7-9-20(31)10-8-19)28(41)35-27-21-11-12-23(37(21)17-34-36-27)30(16-32)26(40)25(39)22(43-30)15-42-24(38)13-18-5-3-2-4-6-18/h2-12,17,22,25-26,39-40H,13-15,33H2,1H3,(H,35,36,41)/t22-,25-,26-,29-,30+/m1/s1. The molecule has 2 aromatic carbocycles. The molecule has 0 bridgehead atoms. The molecule has 5 atom stereocenters. The maximum absolute atomic E-state index is 13.3. The van der Waals surface area contributed by atoms with Gasteiger partial charge in [-0.3, -0.25) is 14.0 Å². The predicted molar refractivity (Wildman–Crippen MR) is 150 cm³/mol. The Kier molecular flexibility index (Phi) is 8.21. The van der Waals surface area contributed by atoms with Gasteiger partial charge in [0.1, 0.15) is 43.1 Å². The number of ether oxygens (including phenoxy) is 2. The summed E-state index contributed by atoms with van der Waals surface area (Å²) in [5.74, 6) is -1.56. The maximum atomic E-state index is 13.3. The zero-order valence-electron chi connectivity index (χ0n) is 23.1. The molecule has 13 heteroatoms. The third kappa shape index (κ3) is 5.95. The van der Waals surface area contributed by atoms with Crippen LogP contribution in [0, 0.1) is 17.1 Å². The van der Waals surface area contributed by atoms with Crippen LogP contribution in [-0.4, -0.2) is 67.1 Å². The van der Waals surface area contributed by atoms with Crippen LogP contribution in [0.3, 0.4) is 0 Å². The number of aromatic nitrogens is 3. The van der Waals surface area contributed by atoms with Crippen molar-refractivity contribution >= 4 is 23.2 Å². The van der Waals surface area contributed by atoms with Crippen LogP contribution in [0.1, 0.15) is 23.7 Å². The third-order valence-corrected chi connectivity index (χ3v) is 7.33. The second kappa shape index (κ2) is 11.9. The third-order valence-electron chi connectivity index (χ3n) is 7.33. The van der Waals surface area contributed by atoms with E-state index in [1.54, 1.807) is 24.3 Å². The average molecular weight is 589 g/mol. The molecule has 2 aromatic heterocycles. The number of fused-ring (bicyclic) bond motifs is 1. The van der Waals surface area contributed by atoms with Crippen molar-refractivity contribution in [3.8, 4) is 6.07 Å². The minimum absolute atomic E-state index is 0.00213. The summed E-state index contributed by atoms with van der Waals surface area (Å²) in [6, 6.07) is 19.5. The number of anilines is 1. The molecule has 43 heavy (non-hydrogen) atoms. The molecule has 0 unspecified atom stereocenters. The van der Waals surface area contributed by atoms with Crippen molar-refractivity contribution in [2.45, 2.75) is 49.2 Å². The fourth-order valence-corrected chi connectivity index (χ4v) is 5.01. The van der Waals surface area contributed by atoms with Crippen LogP contribution >= 0.6 is 0 Å². The van der Waals surface area contributed by atoms with Gasteiger partial charge in [0.2, 0.25) is 11.5 Å². The minimum Gasteiger partial charge on any atom is -0.463 e. The van der Waals surface area contributed by atoms with Gasteiger partial charge >= 0.3 is 5.97 Å². The number of hydrogen-bond donors (Lipinski definition) is 4. The van der Waals surface area contributed by atoms with Crippen LogP contribution < -0.4 is 11.1 Å². The van der Waals surface area contributed by atoms with Gasteiger partial charge in [-0.05, 0) is 48.7 Å². The summed E-state index contributed by atoms with van der Waals surface area (Å²) >= 11 is 0. The highest BCUT2D eigenvalue weighted by Gasteiger charge is 2.57. The van der Waals surface area contributed by atoms with Gasteiger partial charge in [0, 0.05) is 0 Å². The lowest BCUT2D eigenvalue weighted by molar-refractivity contribution is -0.149. The molecule has 0 spiro atoms. The first-order chi connectivity index (χ1) is 20.5. The number of halogens is 1. The number of esters is 1. The van der Waals surface area contributed by atoms with E-state index in [4.69, 9.17) is 15.2 Å². The Morgan fingerprint density at radius 1 is 1.16 bits per heavy atom. The van der Waals surface area contributed by atoms with Gasteiger partial charge < -0.3 is 30.7 Å². The van der Waals surface area contributed by atoms with Gasteiger partial charge in [-0.2, -0.15) is 5.26 Å². The zero-order valence-corrected chi connectivity index (χ0v) is 23.1. The van der Waals surface area contributed by atoms with E-state index >= 15 is 0 Å². The number of carbonyl (C=O) groups is 2. The molecule has 1 fully saturated rings. The molecule has 0 aliphatic carbocycles. The topological polar surface area (TPSA) is 185 Å². The van der Waals surface area contributed by atoms with Crippen molar-refractivity contribution in [3.05, 3.63) is 95.7 Å². The number of aliphatic hydroxyl groups is 2. The van der Waals surface area contributed by atoms with Gasteiger partial charge in [0.15, 0.2) is 5.82 Å². The van der Waals surface area contributed by atoms with Crippen LogP contribution in [0.25, 0.3) is 5.52 Å². The molecule has 1 aliphatic rings. The Labute approximate surface area is 245 Å². The van der Waals surface area contributed by atoms with Crippen LogP contribution in [0.4, 0.5) is 10.2 Å². The highest BCUT2D eigenvalue weighted by atomic mass is 19.1. The quantitative estimate of drug-likeness (QED) is 0.208. The monoisotopic (exact) mass is 588 g/mol. The number of hydrogen-bond acceptors (Lipinski definition) is 10. The van der Waals surface area contributed by atoms with Gasteiger partial charge in [-0.1, -0.05) is 42.5 Å². The molecule has 1 aliphatic heterocycles. The predicted octanol–water partition coefficient (Wildman–Crippen LogP) is 1.39. The maximum Gasteiger partial charge on any atom is 0.310 e. The highest BCUT2D eigenvalue weighted by Crippen LogP contribution is 2.41. The van der Waals surface area contributed by atoms with Crippen molar-refractivity contribution in [1.29, 1.82) is 5.26 Å². The van der Waals surface area contributed by atoms with Crippen molar-refractivity contribution in [3.63, 3.8) is 0 Å². The van der Waals surface area contributed by atoms with Crippen molar-refractivity contribution < 1.29 is 33.7 Å². The highest BCUT2D eigenvalue weighted by molar-refractivity contribution is 5.99. The molecule has 5 rings (SSSR count). The van der Waals surface area contributed by atoms with E-state index in [9.17, 15) is 29.5 Å². The summed E-state index contributed by atoms with van der Waals surface area (Å²) in [4.78, 5) is 25.5. The summed E-state index contributed by atoms with van der Waals surface area (Å²) < 4.78 is 25.8. The van der Waals surface area contributed by atoms with Gasteiger partial charge in [-0.15, -0.1) is 10.2 Å². The SMILES string of the molecule is C[C@@](N)(Cc1ccc(F)cc1)C(=O)Nc1nncn2c([C@]3(C#N)O[C@H](COC(=O)Cc4ccccc4)[C@@H](O)[C@H]3O)ccc12. The number of amides is 1. The molecular formula is C30H29FN6O6. The molecule has 222 valence electrons. The van der Waals surface area contributed by atoms with E-state index in [0.29, 0.717) is 11.1 Å². The summed E-state index contributed by atoms with van der Waals surface area (Å²) in [6.45, 7) is 1.12. The van der Waals surface area contributed by atoms with Gasteiger partial charge in [0.05, 0.1) is 23.2 Å². The Bertz CT molecular complexity index is 1670. The van der Waals surface area contributed by atoms with Crippen LogP contribution in [-0.2, 0) is 37.5 Å². The second-order valence-electron chi connectivity index (χ2n) is 10.6. The average Bonchev–Trinajstić information content (AvgIpc) is 3.53. The zero-order chi connectivity index (χ0) is 30.8.